The molecule has 0 spiro atoms. The number of nitrogens with zero attached hydrogens (tertiary/aromatic N) is 4. The van der Waals surface area contributed by atoms with Crippen molar-refractivity contribution in [1.29, 1.82) is 0 Å². The number of carbonyl (C=O) groups excluding carboxylic acids is 1. The van der Waals surface area contributed by atoms with Crippen LogP contribution in [0.2, 0.25) is 0 Å². The lowest BCUT2D eigenvalue weighted by Gasteiger charge is -2.31. The number of nitrogens with one attached hydrogen (secondary N) is 1. The van der Waals surface area contributed by atoms with E-state index in [1.165, 1.54) is 18.2 Å². The van der Waals surface area contributed by atoms with Gasteiger partial charge in [0.1, 0.15) is 0 Å². The molecular weight excluding hydrogens is 383 g/mol. The Bertz CT molecular complexity index is 830. The molecule has 9 heteroatoms. The summed E-state index contributed by atoms with van der Waals surface area (Å²) in [5.41, 5.74) is -1.08. The number of para-hydroxylation sites is 1. The molecule has 2 unspecified atom stereocenters. The van der Waals surface area contributed by atoms with Crippen LogP contribution >= 0.6 is 0 Å². The molecule has 1 N–H and O–H groups in total. The molecule has 0 aliphatic carbocycles. The number of aromatic nitrogens is 2. The molecule has 1 aromatic heterocycles. The Balaban J connectivity index is 1.64. The number of alkyl halides is 3. The van der Waals surface area contributed by atoms with Gasteiger partial charge in [-0.05, 0) is 51.1 Å². The van der Waals surface area contributed by atoms with Crippen molar-refractivity contribution < 1.29 is 18.0 Å². The summed E-state index contributed by atoms with van der Waals surface area (Å²) in [6, 6.07) is 8.29. The predicted octanol–water partition coefficient (Wildman–Crippen LogP) is 3.42. The van der Waals surface area contributed by atoms with Crippen molar-refractivity contribution in [3.05, 3.63) is 48.2 Å². The summed E-state index contributed by atoms with van der Waals surface area (Å²) in [4.78, 5) is 16.6. The Morgan fingerprint density at radius 3 is 2.76 bits per heavy atom. The van der Waals surface area contributed by atoms with Crippen molar-refractivity contribution in [2.24, 2.45) is 0 Å². The zero-order valence-corrected chi connectivity index (χ0v) is 16.4. The van der Waals surface area contributed by atoms with Gasteiger partial charge in [0, 0.05) is 25.3 Å². The van der Waals surface area contributed by atoms with Crippen LogP contribution in [0.25, 0.3) is 0 Å². The highest BCUT2D eigenvalue weighted by Gasteiger charge is 2.34. The fraction of sp³-hybridized carbons (Fsp3) is 0.450. The van der Waals surface area contributed by atoms with E-state index in [1.807, 2.05) is 17.0 Å². The molecule has 1 saturated heterocycles. The Kier molecular flexibility index (Phi) is 6.36. The van der Waals surface area contributed by atoms with E-state index in [4.69, 9.17) is 0 Å². The first-order valence-corrected chi connectivity index (χ1v) is 9.49. The maximum Gasteiger partial charge on any atom is 0.418 e. The van der Waals surface area contributed by atoms with E-state index < -0.39 is 23.7 Å². The molecule has 1 amide bonds. The molecule has 0 bridgehead atoms. The maximum absolute atomic E-state index is 13.2. The van der Waals surface area contributed by atoms with E-state index in [-0.39, 0.29) is 11.7 Å². The Morgan fingerprint density at radius 2 is 2.07 bits per heavy atom. The lowest BCUT2D eigenvalue weighted by Crippen LogP contribution is -2.46. The van der Waals surface area contributed by atoms with Crippen LogP contribution in [0.5, 0.6) is 0 Å². The monoisotopic (exact) mass is 407 g/mol. The second-order valence-corrected chi connectivity index (χ2v) is 7.22. The SMILES string of the molecule is CC(C(=O)Nc1ccccc1C(F)(F)F)N(C)CC1CCCN1c1cccnn1. The molecule has 0 radical (unpaired) electrons. The second-order valence-electron chi connectivity index (χ2n) is 7.22. The van der Waals surface area contributed by atoms with Crippen LogP contribution < -0.4 is 10.2 Å². The van der Waals surface area contributed by atoms with E-state index in [0.29, 0.717) is 6.54 Å². The minimum absolute atomic E-state index is 0.161. The van der Waals surface area contributed by atoms with Gasteiger partial charge < -0.3 is 10.2 Å². The lowest BCUT2D eigenvalue weighted by atomic mass is 10.1. The van der Waals surface area contributed by atoms with Gasteiger partial charge in [0.05, 0.1) is 17.3 Å². The second kappa shape index (κ2) is 8.77. The zero-order chi connectivity index (χ0) is 21.0. The van der Waals surface area contributed by atoms with Crippen LogP contribution in [0.3, 0.4) is 0 Å². The first-order valence-electron chi connectivity index (χ1n) is 9.49. The number of benzene rings is 1. The van der Waals surface area contributed by atoms with Crippen molar-refractivity contribution in [2.45, 2.75) is 38.0 Å². The van der Waals surface area contributed by atoms with Crippen LogP contribution in [0.15, 0.2) is 42.6 Å². The Morgan fingerprint density at radius 1 is 1.31 bits per heavy atom. The molecule has 1 fully saturated rings. The van der Waals surface area contributed by atoms with Crippen LogP contribution in [0.4, 0.5) is 24.7 Å². The minimum Gasteiger partial charge on any atom is -0.351 e. The molecule has 2 heterocycles. The number of hydrogen-bond donors (Lipinski definition) is 1. The van der Waals surface area contributed by atoms with Gasteiger partial charge in [0.25, 0.3) is 0 Å². The zero-order valence-electron chi connectivity index (χ0n) is 16.4. The average Bonchev–Trinajstić information content (AvgIpc) is 3.15. The summed E-state index contributed by atoms with van der Waals surface area (Å²) < 4.78 is 39.5. The van der Waals surface area contributed by atoms with Crippen LogP contribution in [-0.2, 0) is 11.0 Å². The van der Waals surface area contributed by atoms with Crippen LogP contribution in [0, 0.1) is 0 Å². The van der Waals surface area contributed by atoms with E-state index in [9.17, 15) is 18.0 Å². The standard InChI is InChI=1S/C20H24F3N5O/c1-14(19(29)25-17-9-4-3-8-16(17)20(21,22)23)27(2)13-15-7-6-12-28(15)18-10-5-11-24-26-18/h3-5,8-11,14-15H,6-7,12-13H2,1-2H3,(H,25,29). The first kappa shape index (κ1) is 21.0. The average molecular weight is 407 g/mol. The molecule has 6 nitrogen and oxygen atoms in total. The number of hydrogen-bond acceptors (Lipinski definition) is 5. The van der Waals surface area contributed by atoms with Gasteiger partial charge in [0.2, 0.25) is 5.91 Å². The minimum atomic E-state index is -4.53. The Hall–Kier alpha value is -2.68. The largest absolute Gasteiger partial charge is 0.418 e. The van der Waals surface area contributed by atoms with Gasteiger partial charge in [-0.15, -0.1) is 5.10 Å². The highest BCUT2D eigenvalue weighted by Crippen LogP contribution is 2.34. The fourth-order valence-electron chi connectivity index (χ4n) is 3.54. The molecule has 1 aliphatic rings. The maximum atomic E-state index is 13.2. The van der Waals surface area contributed by atoms with Crippen molar-refractivity contribution in [2.75, 3.05) is 30.4 Å². The van der Waals surface area contributed by atoms with Gasteiger partial charge in [-0.3, -0.25) is 9.69 Å². The van der Waals surface area contributed by atoms with Crippen molar-refractivity contribution in [1.82, 2.24) is 15.1 Å². The summed E-state index contributed by atoms with van der Waals surface area (Å²) in [6.07, 6.45) is -0.952. The first-order chi connectivity index (χ1) is 13.8. The highest BCUT2D eigenvalue weighted by molar-refractivity contribution is 5.95. The third kappa shape index (κ3) is 5.03. The smallest absolute Gasteiger partial charge is 0.351 e. The number of anilines is 2. The van der Waals surface area contributed by atoms with E-state index >= 15 is 0 Å². The Labute approximate surface area is 167 Å². The van der Waals surface area contributed by atoms with E-state index in [2.05, 4.69) is 20.4 Å². The number of amides is 1. The topological polar surface area (TPSA) is 61.4 Å². The summed E-state index contributed by atoms with van der Waals surface area (Å²) in [6.45, 7) is 3.13. The number of halogens is 3. The van der Waals surface area contributed by atoms with Crippen molar-refractivity contribution in [3.8, 4) is 0 Å². The molecule has 3 rings (SSSR count). The van der Waals surface area contributed by atoms with Crippen molar-refractivity contribution >= 4 is 17.4 Å². The molecule has 156 valence electrons. The van der Waals surface area contributed by atoms with E-state index in [0.717, 1.165) is 31.3 Å². The summed E-state index contributed by atoms with van der Waals surface area (Å²) in [7, 11) is 1.80. The van der Waals surface area contributed by atoms with Gasteiger partial charge >= 0.3 is 6.18 Å². The number of carbonyl (C=O) groups is 1. The summed E-state index contributed by atoms with van der Waals surface area (Å²) in [5.74, 6) is 0.313. The highest BCUT2D eigenvalue weighted by atomic mass is 19.4. The quantitative estimate of drug-likeness (QED) is 0.795. The van der Waals surface area contributed by atoms with Gasteiger partial charge in [-0.25, -0.2) is 0 Å². The summed E-state index contributed by atoms with van der Waals surface area (Å²) in [5, 5.41) is 10.5. The predicted molar refractivity (Wildman–Crippen MR) is 105 cm³/mol. The van der Waals surface area contributed by atoms with Gasteiger partial charge in [-0.1, -0.05) is 12.1 Å². The number of likely N-dealkylation sites (N-methyl/N-ethyl adjacent to an activating group) is 1. The summed E-state index contributed by atoms with van der Waals surface area (Å²) >= 11 is 0. The molecular formula is C20H24F3N5O. The molecule has 2 aromatic rings. The molecule has 1 aliphatic heterocycles. The van der Waals surface area contributed by atoms with Gasteiger partial charge in [-0.2, -0.15) is 18.3 Å². The van der Waals surface area contributed by atoms with Crippen LogP contribution in [-0.4, -0.2) is 53.2 Å². The molecule has 0 saturated carbocycles. The van der Waals surface area contributed by atoms with Crippen LogP contribution in [0.1, 0.15) is 25.3 Å². The molecule has 29 heavy (non-hydrogen) atoms. The molecule has 1 aromatic carbocycles. The van der Waals surface area contributed by atoms with Crippen molar-refractivity contribution in [3.63, 3.8) is 0 Å². The molecule has 2 atom stereocenters. The normalized spacial score (nSPS) is 18.1. The number of rotatable bonds is 6. The third-order valence-electron chi connectivity index (χ3n) is 5.26. The fourth-order valence-corrected chi connectivity index (χ4v) is 3.54. The third-order valence-corrected chi connectivity index (χ3v) is 5.26. The van der Waals surface area contributed by atoms with E-state index in [1.54, 1.807) is 20.2 Å². The van der Waals surface area contributed by atoms with Gasteiger partial charge in [0.15, 0.2) is 5.82 Å². The lowest BCUT2D eigenvalue weighted by molar-refractivity contribution is -0.137.